The second-order valence-electron chi connectivity index (χ2n) is 6.95. The molecule has 0 aromatic heterocycles. The number of hydrogen-bond acceptors (Lipinski definition) is 8. The molecule has 0 aliphatic carbocycles. The predicted octanol–water partition coefficient (Wildman–Crippen LogP) is -1.77. The van der Waals surface area contributed by atoms with Gasteiger partial charge in [0.25, 0.3) is 0 Å². The number of phenols is 1. The number of carboxylic acids is 2. The predicted molar refractivity (Wildman–Crippen MR) is 115 cm³/mol. The molecule has 32 heavy (non-hydrogen) atoms. The first kappa shape index (κ1) is 26.7. The van der Waals surface area contributed by atoms with E-state index < -0.39 is 60.2 Å². The summed E-state index contributed by atoms with van der Waals surface area (Å²) in [6.07, 6.45) is -0.969. The third kappa shape index (κ3) is 8.81. The van der Waals surface area contributed by atoms with E-state index in [0.717, 1.165) is 0 Å². The van der Waals surface area contributed by atoms with Crippen molar-refractivity contribution in [2.75, 3.05) is 5.75 Å². The van der Waals surface area contributed by atoms with E-state index >= 15 is 0 Å². The van der Waals surface area contributed by atoms with Crippen LogP contribution in [0.5, 0.6) is 5.75 Å². The van der Waals surface area contributed by atoms with Crippen molar-refractivity contribution in [1.82, 2.24) is 16.0 Å². The molecule has 0 heterocycles. The third-order valence-corrected chi connectivity index (χ3v) is 4.68. The fourth-order valence-corrected chi connectivity index (χ4v) is 2.66. The number of aromatic hydroxyl groups is 1. The first-order valence-corrected chi connectivity index (χ1v) is 10.1. The van der Waals surface area contributed by atoms with Crippen LogP contribution in [0.15, 0.2) is 24.3 Å². The standard InChI is InChI=1S/C19H26N4O8S/c1-9(21-17(28)12(20)8-32)16(27)22-13(7-15(25)26)18(29)23-14(19(30)31)6-10-2-4-11(24)5-3-10/h2-5,9,12-14,24,32H,6-8,20H2,1H3,(H,21,28)(H,22,27)(H,23,29)(H,25,26)(H,30,31). The van der Waals surface area contributed by atoms with E-state index in [4.69, 9.17) is 10.8 Å². The topological polar surface area (TPSA) is 208 Å². The number of thiol groups is 1. The van der Waals surface area contributed by atoms with Crippen LogP contribution >= 0.6 is 12.6 Å². The van der Waals surface area contributed by atoms with Crippen LogP contribution in [0.25, 0.3) is 0 Å². The van der Waals surface area contributed by atoms with Gasteiger partial charge in [0.15, 0.2) is 0 Å². The quantitative estimate of drug-likeness (QED) is 0.162. The molecule has 0 radical (unpaired) electrons. The second-order valence-corrected chi connectivity index (χ2v) is 7.31. The number of nitrogens with two attached hydrogens (primary N) is 1. The molecule has 3 amide bonds. The molecule has 13 heteroatoms. The van der Waals surface area contributed by atoms with E-state index in [1.165, 1.54) is 31.2 Å². The zero-order valence-corrected chi connectivity index (χ0v) is 18.0. The maximum atomic E-state index is 12.6. The Balaban J connectivity index is 2.87. The van der Waals surface area contributed by atoms with Gasteiger partial charge in [0.1, 0.15) is 23.9 Å². The summed E-state index contributed by atoms with van der Waals surface area (Å²) in [4.78, 5) is 59.4. The lowest BCUT2D eigenvalue weighted by Gasteiger charge is -2.23. The van der Waals surface area contributed by atoms with Crippen molar-refractivity contribution in [3.05, 3.63) is 29.8 Å². The fourth-order valence-electron chi connectivity index (χ4n) is 2.49. The number of carbonyl (C=O) groups excluding carboxylic acids is 3. The Morgan fingerprint density at radius 3 is 2.00 bits per heavy atom. The van der Waals surface area contributed by atoms with Crippen LogP contribution in [0.2, 0.25) is 0 Å². The molecule has 1 aromatic carbocycles. The molecule has 4 atom stereocenters. The maximum absolute atomic E-state index is 12.6. The summed E-state index contributed by atoms with van der Waals surface area (Å²) in [5.74, 6) is -5.35. The Kier molecular flexibility index (Phi) is 10.4. The van der Waals surface area contributed by atoms with Crippen LogP contribution in [0.3, 0.4) is 0 Å². The van der Waals surface area contributed by atoms with Gasteiger partial charge in [-0.15, -0.1) is 0 Å². The Morgan fingerprint density at radius 1 is 0.938 bits per heavy atom. The highest BCUT2D eigenvalue weighted by molar-refractivity contribution is 7.80. The molecule has 0 spiro atoms. The first-order chi connectivity index (χ1) is 14.9. The fraction of sp³-hybridized carbons (Fsp3) is 0.421. The molecule has 1 aromatic rings. The normalized spacial score (nSPS) is 14.3. The van der Waals surface area contributed by atoms with Crippen molar-refractivity contribution in [1.29, 1.82) is 0 Å². The van der Waals surface area contributed by atoms with Gasteiger partial charge in [-0.2, -0.15) is 12.6 Å². The number of aliphatic carboxylic acids is 2. The Morgan fingerprint density at radius 2 is 1.50 bits per heavy atom. The largest absolute Gasteiger partial charge is 0.508 e. The first-order valence-electron chi connectivity index (χ1n) is 9.44. The van der Waals surface area contributed by atoms with Gasteiger partial charge in [0.05, 0.1) is 12.5 Å². The van der Waals surface area contributed by atoms with Gasteiger partial charge in [-0.3, -0.25) is 19.2 Å². The van der Waals surface area contributed by atoms with Crippen molar-refractivity contribution in [3.8, 4) is 5.75 Å². The summed E-state index contributed by atoms with van der Waals surface area (Å²) in [5.41, 5.74) is 6.00. The molecule has 4 unspecified atom stereocenters. The van der Waals surface area contributed by atoms with E-state index in [2.05, 4.69) is 28.6 Å². The summed E-state index contributed by atoms with van der Waals surface area (Å²) < 4.78 is 0. The van der Waals surface area contributed by atoms with Gasteiger partial charge >= 0.3 is 11.9 Å². The van der Waals surface area contributed by atoms with E-state index in [1.807, 2.05) is 0 Å². The van der Waals surface area contributed by atoms with E-state index in [-0.39, 0.29) is 17.9 Å². The van der Waals surface area contributed by atoms with Crippen LogP contribution in [-0.4, -0.2) is 74.9 Å². The minimum absolute atomic E-state index is 0.0227. The minimum atomic E-state index is -1.60. The van der Waals surface area contributed by atoms with Crippen molar-refractivity contribution in [2.24, 2.45) is 5.73 Å². The zero-order valence-electron chi connectivity index (χ0n) is 17.1. The number of rotatable bonds is 12. The Hall–Kier alpha value is -3.32. The van der Waals surface area contributed by atoms with E-state index in [9.17, 15) is 34.2 Å². The summed E-state index contributed by atoms with van der Waals surface area (Å²) in [5, 5.41) is 34.5. The van der Waals surface area contributed by atoms with Crippen LogP contribution < -0.4 is 21.7 Å². The smallest absolute Gasteiger partial charge is 0.326 e. The van der Waals surface area contributed by atoms with Gasteiger partial charge in [-0.1, -0.05) is 12.1 Å². The number of benzene rings is 1. The van der Waals surface area contributed by atoms with Gasteiger partial charge in [0.2, 0.25) is 17.7 Å². The molecule has 0 saturated heterocycles. The number of hydrogen-bond donors (Lipinski definition) is 8. The van der Waals surface area contributed by atoms with E-state index in [0.29, 0.717) is 5.56 Å². The van der Waals surface area contributed by atoms with Gasteiger partial charge in [-0.05, 0) is 24.6 Å². The average Bonchev–Trinajstić information content (AvgIpc) is 2.72. The van der Waals surface area contributed by atoms with Crippen LogP contribution in [0.4, 0.5) is 0 Å². The number of phenolic OH excluding ortho intramolecular Hbond substituents is 1. The van der Waals surface area contributed by atoms with Crippen molar-refractivity contribution >= 4 is 42.3 Å². The van der Waals surface area contributed by atoms with Gasteiger partial charge in [0, 0.05) is 12.2 Å². The van der Waals surface area contributed by atoms with Crippen LogP contribution in [0.1, 0.15) is 18.9 Å². The maximum Gasteiger partial charge on any atom is 0.326 e. The molecule has 8 N–H and O–H groups in total. The highest BCUT2D eigenvalue weighted by Crippen LogP contribution is 2.11. The Bertz CT molecular complexity index is 848. The average molecular weight is 471 g/mol. The molecule has 0 bridgehead atoms. The molecule has 12 nitrogen and oxygen atoms in total. The zero-order chi connectivity index (χ0) is 24.4. The van der Waals surface area contributed by atoms with Crippen LogP contribution in [0, 0.1) is 0 Å². The van der Waals surface area contributed by atoms with Crippen LogP contribution in [-0.2, 0) is 30.4 Å². The lowest BCUT2D eigenvalue weighted by Crippen LogP contribution is -2.57. The molecule has 1 rings (SSSR count). The molecule has 176 valence electrons. The van der Waals surface area contributed by atoms with Crippen molar-refractivity contribution in [3.63, 3.8) is 0 Å². The lowest BCUT2D eigenvalue weighted by molar-refractivity contribution is -0.143. The minimum Gasteiger partial charge on any atom is -0.508 e. The number of carbonyl (C=O) groups is 5. The number of carboxylic acid groups (broad SMARTS) is 2. The highest BCUT2D eigenvalue weighted by atomic mass is 32.1. The van der Waals surface area contributed by atoms with Crippen molar-refractivity contribution < 1.29 is 39.3 Å². The summed E-state index contributed by atoms with van der Waals surface area (Å²) in [6, 6.07) is 0.484. The summed E-state index contributed by atoms with van der Waals surface area (Å²) in [7, 11) is 0. The second kappa shape index (κ2) is 12.5. The molecule has 0 aliphatic heterocycles. The van der Waals surface area contributed by atoms with Gasteiger partial charge in [-0.25, -0.2) is 4.79 Å². The monoisotopic (exact) mass is 470 g/mol. The summed E-state index contributed by atoms with van der Waals surface area (Å²) in [6.45, 7) is 1.30. The molecule has 0 saturated carbocycles. The van der Waals surface area contributed by atoms with E-state index in [1.54, 1.807) is 0 Å². The summed E-state index contributed by atoms with van der Waals surface area (Å²) >= 11 is 3.87. The third-order valence-electron chi connectivity index (χ3n) is 4.29. The molecule has 0 fully saturated rings. The molecular formula is C19H26N4O8S. The molecule has 0 aliphatic rings. The number of amides is 3. The number of nitrogens with one attached hydrogen (secondary N) is 3. The Labute approximate surface area is 189 Å². The van der Waals surface area contributed by atoms with Crippen molar-refractivity contribution in [2.45, 2.75) is 43.9 Å². The SMILES string of the molecule is CC(NC(=O)C(N)CS)C(=O)NC(CC(=O)O)C(=O)NC(Cc1ccc(O)cc1)C(=O)O. The molecular weight excluding hydrogens is 444 g/mol. The van der Waals surface area contributed by atoms with Gasteiger partial charge < -0.3 is 37.0 Å². The lowest BCUT2D eigenvalue weighted by atomic mass is 10.0. The highest BCUT2D eigenvalue weighted by Gasteiger charge is 2.30.